The maximum atomic E-state index is 11.8. The van der Waals surface area contributed by atoms with Crippen LogP contribution in [0.1, 0.15) is 6.42 Å². The number of ether oxygens (including phenoxy) is 1. The van der Waals surface area contributed by atoms with Crippen LogP contribution >= 0.6 is 0 Å². The highest BCUT2D eigenvalue weighted by atomic mass is 16.6. The van der Waals surface area contributed by atoms with Gasteiger partial charge in [-0.2, -0.15) is 0 Å². The van der Waals surface area contributed by atoms with Crippen LogP contribution in [-0.2, 0) is 14.3 Å². The molecule has 1 fully saturated rings. The zero-order valence-corrected chi connectivity index (χ0v) is 13.2. The Balaban J connectivity index is 1.71. The molecule has 1 aliphatic rings. The van der Waals surface area contributed by atoms with E-state index >= 15 is 0 Å². The Morgan fingerprint density at radius 1 is 1.25 bits per heavy atom. The van der Waals surface area contributed by atoms with Gasteiger partial charge < -0.3 is 20.3 Å². The van der Waals surface area contributed by atoms with Crippen LogP contribution in [0.3, 0.4) is 0 Å². The molecule has 9 heteroatoms. The summed E-state index contributed by atoms with van der Waals surface area (Å²) in [7, 11) is 0. The lowest BCUT2D eigenvalue weighted by atomic mass is 10.3. The number of quaternary nitrogens is 1. The van der Waals surface area contributed by atoms with Gasteiger partial charge in [-0.05, 0) is 6.07 Å². The third-order valence-corrected chi connectivity index (χ3v) is 3.71. The summed E-state index contributed by atoms with van der Waals surface area (Å²) in [6.45, 7) is 4.75. The minimum atomic E-state index is -0.839. The second-order valence-electron chi connectivity index (χ2n) is 5.48. The van der Waals surface area contributed by atoms with Crippen LogP contribution in [0.4, 0.5) is 11.4 Å². The molecule has 0 spiro atoms. The highest BCUT2D eigenvalue weighted by Crippen LogP contribution is 2.16. The van der Waals surface area contributed by atoms with E-state index in [4.69, 9.17) is 4.74 Å². The van der Waals surface area contributed by atoms with Crippen LogP contribution in [0.2, 0.25) is 0 Å². The third-order valence-electron chi connectivity index (χ3n) is 3.71. The van der Waals surface area contributed by atoms with Crippen molar-refractivity contribution < 1.29 is 24.1 Å². The molecule has 1 saturated heterocycles. The number of rotatable bonds is 6. The van der Waals surface area contributed by atoms with Crippen molar-refractivity contribution in [2.75, 3.05) is 44.7 Å². The maximum Gasteiger partial charge on any atom is 0.313 e. The Labute approximate surface area is 139 Å². The fourth-order valence-corrected chi connectivity index (χ4v) is 2.42. The minimum Gasteiger partial charge on any atom is -0.370 e. The number of amides is 2. The largest absolute Gasteiger partial charge is 0.370 e. The highest BCUT2D eigenvalue weighted by molar-refractivity contribution is 6.39. The van der Waals surface area contributed by atoms with E-state index in [1.54, 1.807) is 0 Å². The number of nitrogens with one attached hydrogen (secondary N) is 3. The normalized spacial score (nSPS) is 14.8. The number of hydrogen-bond acceptors (Lipinski definition) is 5. The van der Waals surface area contributed by atoms with E-state index in [-0.39, 0.29) is 11.4 Å². The van der Waals surface area contributed by atoms with E-state index in [1.807, 2.05) is 0 Å². The lowest BCUT2D eigenvalue weighted by molar-refractivity contribution is -0.908. The molecule has 130 valence electrons. The topological polar surface area (TPSA) is 115 Å². The fraction of sp³-hybridized carbons (Fsp3) is 0.467. The van der Waals surface area contributed by atoms with Crippen LogP contribution in [-0.4, -0.2) is 56.1 Å². The Hall–Kier alpha value is -2.52. The summed E-state index contributed by atoms with van der Waals surface area (Å²) < 4.78 is 5.27. The SMILES string of the molecule is O=C(NCCC[NH+]1CCOCC1)C(=O)Nc1cccc([N+](=O)[O-])c1. The number of nitrogens with zero attached hydrogens (tertiary/aromatic N) is 1. The molecule has 0 aliphatic carbocycles. The Morgan fingerprint density at radius 2 is 2.00 bits per heavy atom. The summed E-state index contributed by atoms with van der Waals surface area (Å²) in [5.41, 5.74) is 0.0591. The molecule has 1 heterocycles. The molecule has 0 aromatic heterocycles. The fourth-order valence-electron chi connectivity index (χ4n) is 2.42. The van der Waals surface area contributed by atoms with Crippen LogP contribution in [0, 0.1) is 10.1 Å². The molecule has 1 aromatic rings. The number of benzene rings is 1. The van der Waals surface area contributed by atoms with E-state index in [0.29, 0.717) is 6.54 Å². The quantitative estimate of drug-likeness (QED) is 0.265. The van der Waals surface area contributed by atoms with Crippen molar-refractivity contribution in [2.45, 2.75) is 6.42 Å². The molecule has 0 bridgehead atoms. The molecule has 1 aliphatic heterocycles. The second kappa shape index (κ2) is 8.94. The zero-order chi connectivity index (χ0) is 17.4. The van der Waals surface area contributed by atoms with E-state index in [2.05, 4.69) is 10.6 Å². The van der Waals surface area contributed by atoms with Gasteiger partial charge in [0.25, 0.3) is 5.69 Å². The van der Waals surface area contributed by atoms with Crippen molar-refractivity contribution in [3.05, 3.63) is 34.4 Å². The number of carbonyl (C=O) groups is 2. The highest BCUT2D eigenvalue weighted by Gasteiger charge is 2.16. The van der Waals surface area contributed by atoms with Gasteiger partial charge in [0.1, 0.15) is 13.1 Å². The van der Waals surface area contributed by atoms with Gasteiger partial charge in [0, 0.05) is 30.8 Å². The van der Waals surface area contributed by atoms with Gasteiger partial charge in [-0.1, -0.05) is 6.07 Å². The number of anilines is 1. The first kappa shape index (κ1) is 17.8. The molecule has 0 saturated carbocycles. The predicted octanol–water partition coefficient (Wildman–Crippen LogP) is -1.05. The average molecular weight is 337 g/mol. The van der Waals surface area contributed by atoms with Crippen LogP contribution < -0.4 is 15.5 Å². The average Bonchev–Trinajstić information content (AvgIpc) is 2.59. The summed E-state index contributed by atoms with van der Waals surface area (Å²) in [6, 6.07) is 5.44. The van der Waals surface area contributed by atoms with Gasteiger partial charge in [0.2, 0.25) is 0 Å². The number of morpholine rings is 1. The monoisotopic (exact) mass is 337 g/mol. The van der Waals surface area contributed by atoms with E-state index in [9.17, 15) is 19.7 Å². The first-order chi connectivity index (χ1) is 11.6. The van der Waals surface area contributed by atoms with Crippen LogP contribution in [0.25, 0.3) is 0 Å². The molecule has 9 nitrogen and oxygen atoms in total. The summed E-state index contributed by atoms with van der Waals surface area (Å²) >= 11 is 0. The van der Waals surface area contributed by atoms with Gasteiger partial charge in [-0.25, -0.2) is 0 Å². The van der Waals surface area contributed by atoms with Crippen molar-refractivity contribution in [2.24, 2.45) is 0 Å². The van der Waals surface area contributed by atoms with E-state index < -0.39 is 16.7 Å². The third kappa shape index (κ3) is 5.60. The zero-order valence-electron chi connectivity index (χ0n) is 13.2. The van der Waals surface area contributed by atoms with Crippen molar-refractivity contribution in [3.63, 3.8) is 0 Å². The Kier molecular flexibility index (Phi) is 6.64. The van der Waals surface area contributed by atoms with Crippen molar-refractivity contribution in [1.29, 1.82) is 0 Å². The minimum absolute atomic E-state index is 0.151. The van der Waals surface area contributed by atoms with Gasteiger partial charge in [0.05, 0.1) is 24.7 Å². The number of hydrogen-bond donors (Lipinski definition) is 3. The van der Waals surface area contributed by atoms with Gasteiger partial charge in [-0.3, -0.25) is 19.7 Å². The molecule has 0 atom stereocenters. The lowest BCUT2D eigenvalue weighted by Gasteiger charge is -2.23. The van der Waals surface area contributed by atoms with E-state index in [0.717, 1.165) is 39.3 Å². The smallest absolute Gasteiger partial charge is 0.313 e. The molecule has 0 radical (unpaired) electrons. The van der Waals surface area contributed by atoms with Crippen molar-refractivity contribution in [1.82, 2.24) is 5.32 Å². The Morgan fingerprint density at radius 3 is 2.71 bits per heavy atom. The first-order valence-corrected chi connectivity index (χ1v) is 7.81. The summed E-state index contributed by atoms with van der Waals surface area (Å²) in [4.78, 5) is 35.1. The number of non-ortho nitro benzene ring substituents is 1. The van der Waals surface area contributed by atoms with Crippen LogP contribution in [0.5, 0.6) is 0 Å². The predicted molar refractivity (Wildman–Crippen MR) is 85.7 cm³/mol. The van der Waals surface area contributed by atoms with Gasteiger partial charge in [-0.15, -0.1) is 0 Å². The van der Waals surface area contributed by atoms with Crippen molar-refractivity contribution in [3.8, 4) is 0 Å². The molecule has 2 rings (SSSR count). The molecule has 3 N–H and O–H groups in total. The molecule has 24 heavy (non-hydrogen) atoms. The molecular formula is C15H21N4O5+. The molecule has 0 unspecified atom stereocenters. The summed E-state index contributed by atoms with van der Waals surface area (Å²) in [5.74, 6) is -1.59. The number of nitro benzene ring substituents is 1. The standard InChI is InChI=1S/C15H20N4O5/c20-14(16-5-2-6-18-7-9-24-10-8-18)15(21)17-12-3-1-4-13(11-12)19(22)23/h1,3-4,11H,2,5-10H2,(H,16,20)(H,17,21)/p+1. The van der Waals surface area contributed by atoms with Crippen LogP contribution in [0.15, 0.2) is 24.3 Å². The van der Waals surface area contributed by atoms with Gasteiger partial charge >= 0.3 is 11.8 Å². The molecule has 1 aromatic carbocycles. The number of carbonyl (C=O) groups excluding carboxylic acids is 2. The Bertz CT molecular complexity index is 601. The maximum absolute atomic E-state index is 11.8. The lowest BCUT2D eigenvalue weighted by Crippen LogP contribution is -3.14. The number of nitro groups is 1. The summed E-state index contributed by atoms with van der Waals surface area (Å²) in [6.07, 6.45) is 0.769. The van der Waals surface area contributed by atoms with E-state index in [1.165, 1.54) is 29.2 Å². The molecule has 2 amide bonds. The second-order valence-corrected chi connectivity index (χ2v) is 5.48. The van der Waals surface area contributed by atoms with Crippen molar-refractivity contribution >= 4 is 23.2 Å². The van der Waals surface area contributed by atoms with Gasteiger partial charge in [0.15, 0.2) is 0 Å². The first-order valence-electron chi connectivity index (χ1n) is 7.81. The molecular weight excluding hydrogens is 316 g/mol. The summed E-state index contributed by atoms with van der Waals surface area (Å²) in [5, 5.41) is 15.6.